The minimum absolute atomic E-state index is 0. The molecule has 11 nitrogen and oxygen atoms in total. The standard InChI is InChI=1S/C20H32O3.C19H32O2.C18H30O3.C15H26O3.8CH4/c1-5-20(3,4)19(21)23-11(2)22-16-10-14-9-15(16)18-13-7-6-12(8-13)17(14)18;1-6-18(4,5)17(20)21-19(12(2)3)15-8-13-7-14(10-15)11-16(19)9-13;1-5-18(3,4)17(19)21-11(2)20-16-14-7-12-6-13(9-14)10-15(16)8-12;1-5-15(3,4)14(16)18-10(2)17-13-9-11-6-7-12(13)8-11;;;;;;;;/h11-18H,5-10H2,1-4H3;12-16H,6-11H2,1-5H3;11-16H,5-10H2,1-4H3;10-13H,5-9H2,1-4H3;8*1H4. The third kappa shape index (κ3) is 18.5. The molecule has 14 saturated carbocycles. The van der Waals surface area contributed by atoms with Gasteiger partial charge < -0.3 is 33.2 Å². The summed E-state index contributed by atoms with van der Waals surface area (Å²) in [5.41, 5.74) is -1.76. The Morgan fingerprint density at radius 1 is 0.363 bits per heavy atom. The average molecular weight is 1290 g/mol. The molecule has 0 N–H and O–H groups in total. The van der Waals surface area contributed by atoms with E-state index in [0.29, 0.717) is 53.8 Å². The molecule has 0 heterocycles. The summed E-state index contributed by atoms with van der Waals surface area (Å²) in [4.78, 5) is 49.1. The van der Waals surface area contributed by atoms with Gasteiger partial charge in [0.05, 0.1) is 40.0 Å². The summed E-state index contributed by atoms with van der Waals surface area (Å²) in [6, 6.07) is 0. The minimum Gasteiger partial charge on any atom is -0.458 e. The first-order valence-electron chi connectivity index (χ1n) is 34.8. The number of rotatable bonds is 19. The monoisotopic (exact) mass is 1290 g/mol. The molecule has 0 spiro atoms. The molecule has 0 saturated heterocycles. The molecular formula is C80H152O11. The Hall–Kier alpha value is -2.24. The molecule has 0 aliphatic heterocycles. The quantitative estimate of drug-likeness (QED) is 0.0530. The molecule has 0 aromatic carbocycles. The first-order chi connectivity index (χ1) is 39.0. The SMILES string of the molecule is C.C.C.C.C.C.C.C.CCC(C)(C)C(=O)OC(C)OC1C2CC3CC(C2)CC1C3.CCC(C)(C)C(=O)OC(C)OC1CC2CC1C1C3CCC(C3)C21.CCC(C)(C)C(=O)OC(C)OC1CC2CCC1C2.CCC(C)(C)C(=O)OC1(C(C)C)C2CC3CC(C2)CC1C3. The zero-order chi connectivity index (χ0) is 60.3. The Kier molecular flexibility index (Phi) is 32.7. The zero-order valence-corrected chi connectivity index (χ0v) is 55.5. The molecule has 0 amide bonds. The van der Waals surface area contributed by atoms with Gasteiger partial charge >= 0.3 is 23.9 Å². The van der Waals surface area contributed by atoms with E-state index in [-0.39, 0.29) is 94.3 Å². The Morgan fingerprint density at radius 3 is 1.11 bits per heavy atom. The van der Waals surface area contributed by atoms with Crippen molar-refractivity contribution in [1.82, 2.24) is 0 Å². The van der Waals surface area contributed by atoms with E-state index >= 15 is 0 Å². The fraction of sp³-hybridized carbons (Fsp3) is 0.950. The first-order valence-corrected chi connectivity index (χ1v) is 34.8. The van der Waals surface area contributed by atoms with Crippen LogP contribution >= 0.6 is 0 Å². The van der Waals surface area contributed by atoms with Gasteiger partial charge in [-0.3, -0.25) is 19.2 Å². The van der Waals surface area contributed by atoms with Crippen LogP contribution in [0, 0.1) is 122 Å². The maximum atomic E-state index is 12.8. The molecule has 0 radical (unpaired) electrons. The van der Waals surface area contributed by atoms with Gasteiger partial charge in [-0.05, 0) is 324 Å². The van der Waals surface area contributed by atoms with Crippen LogP contribution in [0.4, 0.5) is 0 Å². The Morgan fingerprint density at radius 2 is 0.725 bits per heavy atom. The van der Waals surface area contributed by atoms with E-state index in [1.807, 2.05) is 96.9 Å². The third-order valence-corrected chi connectivity index (χ3v) is 25.7. The fourth-order valence-corrected chi connectivity index (χ4v) is 19.9. The van der Waals surface area contributed by atoms with E-state index in [1.165, 1.54) is 116 Å². The molecule has 538 valence electrons. The summed E-state index contributed by atoms with van der Waals surface area (Å²) < 4.78 is 41.3. The van der Waals surface area contributed by atoms with Gasteiger partial charge in [-0.2, -0.15) is 0 Å². The van der Waals surface area contributed by atoms with Gasteiger partial charge in [-0.1, -0.05) is 101 Å². The van der Waals surface area contributed by atoms with Crippen molar-refractivity contribution in [2.24, 2.45) is 122 Å². The average Bonchev–Trinajstić information content (AvgIpc) is 1.71. The second-order valence-electron chi connectivity index (χ2n) is 33.0. The normalized spacial score (nSPS) is 36.6. The summed E-state index contributed by atoms with van der Waals surface area (Å²) in [6.45, 7) is 33.9. The first kappa shape index (κ1) is 86.8. The Labute approximate surface area is 563 Å². The van der Waals surface area contributed by atoms with E-state index in [9.17, 15) is 19.2 Å². The van der Waals surface area contributed by atoms with E-state index in [0.717, 1.165) is 97.2 Å². The van der Waals surface area contributed by atoms with E-state index in [2.05, 4.69) is 20.8 Å². The summed E-state index contributed by atoms with van der Waals surface area (Å²) in [5, 5.41) is 0. The lowest BCUT2D eigenvalue weighted by Gasteiger charge is -2.62. The predicted molar refractivity (Wildman–Crippen MR) is 379 cm³/mol. The number of carbonyl (C=O) groups excluding carboxylic acids is 4. The summed E-state index contributed by atoms with van der Waals surface area (Å²) in [5.74, 6) is 13.5. The molecule has 13 unspecified atom stereocenters. The molecule has 13 atom stereocenters. The van der Waals surface area contributed by atoms with Gasteiger partial charge in [-0.15, -0.1) is 0 Å². The van der Waals surface area contributed by atoms with Crippen LogP contribution in [0.3, 0.4) is 0 Å². The van der Waals surface area contributed by atoms with Crippen molar-refractivity contribution in [3.63, 3.8) is 0 Å². The van der Waals surface area contributed by atoms with Crippen LogP contribution in [-0.2, 0) is 52.3 Å². The molecule has 0 aromatic heterocycles. The van der Waals surface area contributed by atoms with Crippen molar-refractivity contribution in [3.05, 3.63) is 0 Å². The minimum atomic E-state index is -0.415. The third-order valence-electron chi connectivity index (χ3n) is 25.7. The van der Waals surface area contributed by atoms with Gasteiger partial charge in [-0.25, -0.2) is 0 Å². The molecule has 11 heteroatoms. The molecule has 91 heavy (non-hydrogen) atoms. The van der Waals surface area contributed by atoms with Crippen LogP contribution in [0.1, 0.15) is 325 Å². The molecule has 14 aliphatic carbocycles. The summed E-state index contributed by atoms with van der Waals surface area (Å²) >= 11 is 0. The lowest BCUT2D eigenvalue weighted by atomic mass is 9.47. The number of hydrogen-bond donors (Lipinski definition) is 0. The molecule has 14 bridgehead atoms. The number of esters is 4. The van der Waals surface area contributed by atoms with Crippen molar-refractivity contribution in [2.45, 2.75) is 368 Å². The van der Waals surface area contributed by atoms with Crippen molar-refractivity contribution in [3.8, 4) is 0 Å². The van der Waals surface area contributed by atoms with Crippen LogP contribution in [0.25, 0.3) is 0 Å². The van der Waals surface area contributed by atoms with Gasteiger partial charge in [0.25, 0.3) is 0 Å². The summed E-state index contributed by atoms with van der Waals surface area (Å²) in [7, 11) is 0. The van der Waals surface area contributed by atoms with Crippen molar-refractivity contribution < 1.29 is 52.3 Å². The van der Waals surface area contributed by atoms with Crippen molar-refractivity contribution in [1.29, 1.82) is 0 Å². The van der Waals surface area contributed by atoms with E-state index < -0.39 is 35.1 Å². The highest BCUT2D eigenvalue weighted by Gasteiger charge is 2.64. The highest BCUT2D eigenvalue weighted by atomic mass is 16.7. The van der Waals surface area contributed by atoms with Gasteiger partial charge in [0.2, 0.25) is 0 Å². The molecule has 14 rings (SSSR count). The lowest BCUT2D eigenvalue weighted by Crippen LogP contribution is -2.63. The Bertz CT molecular complexity index is 2170. The number of ether oxygens (including phenoxy) is 7. The maximum Gasteiger partial charge on any atom is 0.313 e. The number of fused-ring (bicyclic) bond motifs is 11. The van der Waals surface area contributed by atoms with E-state index in [1.54, 1.807) is 0 Å². The maximum absolute atomic E-state index is 12.8. The second kappa shape index (κ2) is 34.3. The smallest absolute Gasteiger partial charge is 0.313 e. The van der Waals surface area contributed by atoms with E-state index in [4.69, 9.17) is 33.2 Å². The van der Waals surface area contributed by atoms with Gasteiger partial charge in [0, 0.05) is 0 Å². The zero-order valence-electron chi connectivity index (χ0n) is 55.5. The second-order valence-corrected chi connectivity index (χ2v) is 33.0. The summed E-state index contributed by atoms with van der Waals surface area (Å²) in [6.07, 6.45) is 28.5. The van der Waals surface area contributed by atoms with Crippen LogP contribution < -0.4 is 0 Å². The molecule has 14 aliphatic rings. The van der Waals surface area contributed by atoms with Gasteiger partial charge in [0.1, 0.15) is 5.60 Å². The topological polar surface area (TPSA) is 133 Å². The van der Waals surface area contributed by atoms with Crippen LogP contribution in [-0.4, -0.2) is 66.7 Å². The number of hydrogen-bond acceptors (Lipinski definition) is 11. The van der Waals surface area contributed by atoms with Crippen LogP contribution in [0.2, 0.25) is 0 Å². The molecule has 14 fully saturated rings. The van der Waals surface area contributed by atoms with Crippen LogP contribution in [0.15, 0.2) is 0 Å². The van der Waals surface area contributed by atoms with Crippen molar-refractivity contribution in [2.75, 3.05) is 0 Å². The lowest BCUT2D eigenvalue weighted by molar-refractivity contribution is -0.231. The van der Waals surface area contributed by atoms with Crippen LogP contribution in [0.5, 0.6) is 0 Å². The Balaban J connectivity index is 0.000000591. The highest BCUT2D eigenvalue weighted by Crippen LogP contribution is 2.68. The predicted octanol–water partition coefficient (Wildman–Crippen LogP) is 22.0. The van der Waals surface area contributed by atoms with Gasteiger partial charge in [0.15, 0.2) is 18.9 Å². The molecule has 0 aromatic rings. The van der Waals surface area contributed by atoms with Crippen molar-refractivity contribution >= 4 is 23.9 Å². The number of carbonyl (C=O) groups is 4. The fourth-order valence-electron chi connectivity index (χ4n) is 19.9. The largest absolute Gasteiger partial charge is 0.458 e. The highest BCUT2D eigenvalue weighted by molar-refractivity contribution is 5.77. The molecular weight excluding hydrogens is 1140 g/mol.